The number of carbonyl (C=O) groups is 1. The Labute approximate surface area is 130 Å². The van der Waals surface area contributed by atoms with Crippen molar-refractivity contribution in [1.29, 1.82) is 0 Å². The maximum absolute atomic E-state index is 13.1. The van der Waals surface area contributed by atoms with Crippen LogP contribution in [0, 0.1) is 5.82 Å². The molecular weight excluding hydrogens is 281 g/mol. The summed E-state index contributed by atoms with van der Waals surface area (Å²) in [5, 5.41) is 2.87. The van der Waals surface area contributed by atoms with Gasteiger partial charge in [0.05, 0.1) is 0 Å². The molecule has 0 aliphatic heterocycles. The zero-order valence-electron chi connectivity index (χ0n) is 13.0. The number of halogens is 1. The lowest BCUT2D eigenvalue weighted by molar-refractivity contribution is -0.122. The Hall–Kier alpha value is -2.36. The van der Waals surface area contributed by atoms with Gasteiger partial charge in [-0.05, 0) is 36.6 Å². The minimum absolute atomic E-state index is 0.266. The third kappa shape index (κ3) is 4.07. The van der Waals surface area contributed by atoms with Crippen molar-refractivity contribution in [2.45, 2.75) is 32.8 Å². The Bertz CT molecular complexity index is 655. The molecule has 1 N–H and O–H groups in total. The van der Waals surface area contributed by atoms with E-state index in [0.717, 1.165) is 11.3 Å². The number of carbonyl (C=O) groups excluding carboxylic acids is 1. The van der Waals surface area contributed by atoms with Crippen LogP contribution >= 0.6 is 0 Å². The Morgan fingerprint density at radius 1 is 1.09 bits per heavy atom. The normalized spacial score (nSPS) is 12.0. The maximum atomic E-state index is 13.1. The molecule has 1 unspecified atom stereocenters. The van der Waals surface area contributed by atoms with Gasteiger partial charge in [-0.25, -0.2) is 4.39 Å². The van der Waals surface area contributed by atoms with Gasteiger partial charge in [0.2, 0.25) is 0 Å². The number of ether oxygens (including phenoxy) is 1. The van der Waals surface area contributed by atoms with Crippen LogP contribution in [0.2, 0.25) is 0 Å². The number of anilines is 1. The number of benzene rings is 2. The molecule has 0 aliphatic rings. The van der Waals surface area contributed by atoms with Crippen LogP contribution in [0.5, 0.6) is 5.75 Å². The summed E-state index contributed by atoms with van der Waals surface area (Å²) < 4.78 is 18.6. The van der Waals surface area contributed by atoms with E-state index in [2.05, 4.69) is 19.2 Å². The van der Waals surface area contributed by atoms with Crippen LogP contribution in [0.3, 0.4) is 0 Å². The van der Waals surface area contributed by atoms with Crippen molar-refractivity contribution in [1.82, 2.24) is 0 Å². The molecular formula is C18H20FNO2. The fourth-order valence-electron chi connectivity index (χ4n) is 2.15. The molecule has 4 heteroatoms. The minimum atomic E-state index is -0.720. The SMILES string of the molecule is CC(Oc1cccc(F)c1)C(=O)Nc1ccccc1C(C)C. The predicted octanol–water partition coefficient (Wildman–Crippen LogP) is 4.36. The lowest BCUT2D eigenvalue weighted by Crippen LogP contribution is -2.30. The van der Waals surface area contributed by atoms with Gasteiger partial charge >= 0.3 is 0 Å². The van der Waals surface area contributed by atoms with Crippen LogP contribution < -0.4 is 10.1 Å². The molecule has 22 heavy (non-hydrogen) atoms. The highest BCUT2D eigenvalue weighted by atomic mass is 19.1. The van der Waals surface area contributed by atoms with Crippen LogP contribution in [-0.2, 0) is 4.79 Å². The van der Waals surface area contributed by atoms with Gasteiger partial charge in [0.15, 0.2) is 6.10 Å². The van der Waals surface area contributed by atoms with E-state index in [0.29, 0.717) is 11.7 Å². The van der Waals surface area contributed by atoms with E-state index in [9.17, 15) is 9.18 Å². The first-order valence-corrected chi connectivity index (χ1v) is 7.29. The third-order valence-corrected chi connectivity index (χ3v) is 3.32. The highest BCUT2D eigenvalue weighted by Crippen LogP contribution is 2.24. The van der Waals surface area contributed by atoms with Crippen molar-refractivity contribution in [2.75, 3.05) is 5.32 Å². The monoisotopic (exact) mass is 301 g/mol. The Morgan fingerprint density at radius 3 is 2.50 bits per heavy atom. The molecule has 116 valence electrons. The summed E-state index contributed by atoms with van der Waals surface area (Å²) >= 11 is 0. The molecule has 0 saturated carbocycles. The molecule has 1 amide bonds. The highest BCUT2D eigenvalue weighted by molar-refractivity contribution is 5.94. The van der Waals surface area contributed by atoms with Crippen molar-refractivity contribution in [3.8, 4) is 5.75 Å². The van der Waals surface area contributed by atoms with Crippen molar-refractivity contribution in [2.24, 2.45) is 0 Å². The molecule has 2 aromatic rings. The van der Waals surface area contributed by atoms with Crippen molar-refractivity contribution in [3.63, 3.8) is 0 Å². The lowest BCUT2D eigenvalue weighted by atomic mass is 10.0. The molecule has 0 radical (unpaired) electrons. The Balaban J connectivity index is 2.06. The van der Waals surface area contributed by atoms with E-state index >= 15 is 0 Å². The van der Waals surface area contributed by atoms with Gasteiger partial charge in [0.1, 0.15) is 11.6 Å². The zero-order valence-corrected chi connectivity index (χ0v) is 13.0. The van der Waals surface area contributed by atoms with Gasteiger partial charge in [0, 0.05) is 11.8 Å². The zero-order chi connectivity index (χ0) is 16.1. The van der Waals surface area contributed by atoms with Crippen LogP contribution in [0.25, 0.3) is 0 Å². The molecule has 0 heterocycles. The van der Waals surface area contributed by atoms with Gasteiger partial charge in [-0.2, -0.15) is 0 Å². The Morgan fingerprint density at radius 2 is 1.82 bits per heavy atom. The van der Waals surface area contributed by atoms with Gasteiger partial charge < -0.3 is 10.1 Å². The van der Waals surface area contributed by atoms with E-state index in [1.54, 1.807) is 19.1 Å². The molecule has 0 bridgehead atoms. The van der Waals surface area contributed by atoms with E-state index < -0.39 is 11.9 Å². The van der Waals surface area contributed by atoms with E-state index in [4.69, 9.17) is 4.74 Å². The van der Waals surface area contributed by atoms with Crippen molar-refractivity contribution < 1.29 is 13.9 Å². The van der Waals surface area contributed by atoms with Gasteiger partial charge in [-0.3, -0.25) is 4.79 Å². The first kappa shape index (κ1) is 16.0. The number of rotatable bonds is 5. The molecule has 3 nitrogen and oxygen atoms in total. The molecule has 1 atom stereocenters. The minimum Gasteiger partial charge on any atom is -0.481 e. The second-order valence-electron chi connectivity index (χ2n) is 5.45. The fourth-order valence-corrected chi connectivity index (χ4v) is 2.15. The average molecular weight is 301 g/mol. The molecule has 2 aromatic carbocycles. The second kappa shape index (κ2) is 7.07. The summed E-state index contributed by atoms with van der Waals surface area (Å²) in [6.07, 6.45) is -0.720. The maximum Gasteiger partial charge on any atom is 0.265 e. The van der Waals surface area contributed by atoms with Crippen LogP contribution in [0.15, 0.2) is 48.5 Å². The van der Waals surface area contributed by atoms with Crippen LogP contribution in [0.4, 0.5) is 10.1 Å². The van der Waals surface area contributed by atoms with E-state index in [1.165, 1.54) is 12.1 Å². The molecule has 0 aliphatic carbocycles. The number of hydrogen-bond acceptors (Lipinski definition) is 2. The molecule has 0 saturated heterocycles. The summed E-state index contributed by atoms with van der Waals surface area (Å²) in [7, 11) is 0. The molecule has 0 aromatic heterocycles. The molecule has 2 rings (SSSR count). The summed E-state index contributed by atoms with van der Waals surface area (Å²) in [6, 6.07) is 13.4. The quantitative estimate of drug-likeness (QED) is 0.891. The van der Waals surface area contributed by atoms with Crippen LogP contribution in [-0.4, -0.2) is 12.0 Å². The topological polar surface area (TPSA) is 38.3 Å². The van der Waals surface area contributed by atoms with Crippen molar-refractivity contribution >= 4 is 11.6 Å². The largest absolute Gasteiger partial charge is 0.481 e. The summed E-state index contributed by atoms with van der Waals surface area (Å²) in [4.78, 5) is 12.2. The van der Waals surface area contributed by atoms with Gasteiger partial charge in [0.25, 0.3) is 5.91 Å². The standard InChI is InChI=1S/C18H20FNO2/c1-12(2)16-9-4-5-10-17(16)20-18(21)13(3)22-15-8-6-7-14(19)11-15/h4-13H,1-3H3,(H,20,21). The fraction of sp³-hybridized carbons (Fsp3) is 0.278. The lowest BCUT2D eigenvalue weighted by Gasteiger charge is -2.17. The average Bonchev–Trinajstić information content (AvgIpc) is 2.47. The number of nitrogens with one attached hydrogen (secondary N) is 1. The van der Waals surface area contributed by atoms with Gasteiger partial charge in [-0.15, -0.1) is 0 Å². The molecule has 0 spiro atoms. The van der Waals surface area contributed by atoms with Gasteiger partial charge in [-0.1, -0.05) is 38.1 Å². The third-order valence-electron chi connectivity index (χ3n) is 3.32. The number of hydrogen-bond donors (Lipinski definition) is 1. The molecule has 0 fully saturated rings. The summed E-state index contributed by atoms with van der Waals surface area (Å²) in [5.74, 6) is -0.0247. The summed E-state index contributed by atoms with van der Waals surface area (Å²) in [6.45, 7) is 5.77. The van der Waals surface area contributed by atoms with E-state index in [1.807, 2.05) is 24.3 Å². The smallest absolute Gasteiger partial charge is 0.265 e. The summed E-state index contributed by atoms with van der Waals surface area (Å²) in [5.41, 5.74) is 1.84. The number of para-hydroxylation sites is 1. The highest BCUT2D eigenvalue weighted by Gasteiger charge is 2.17. The first-order valence-electron chi connectivity index (χ1n) is 7.29. The first-order chi connectivity index (χ1) is 10.5. The van der Waals surface area contributed by atoms with Crippen LogP contribution in [0.1, 0.15) is 32.3 Å². The van der Waals surface area contributed by atoms with E-state index in [-0.39, 0.29) is 5.91 Å². The predicted molar refractivity (Wildman–Crippen MR) is 85.7 cm³/mol. The number of amides is 1. The van der Waals surface area contributed by atoms with Crippen molar-refractivity contribution in [3.05, 3.63) is 59.9 Å². The second-order valence-corrected chi connectivity index (χ2v) is 5.45. The Kier molecular flexibility index (Phi) is 5.15.